The van der Waals surface area contributed by atoms with Gasteiger partial charge in [0.05, 0.1) is 19.1 Å². The molecule has 0 saturated carbocycles. The molecule has 0 radical (unpaired) electrons. The van der Waals surface area contributed by atoms with Crippen LogP contribution >= 0.6 is 24.0 Å². The topological polar surface area (TPSA) is 48.9 Å². The standard InChI is InChI=1S/C11H21F3N4O.HI/c1-15-10(16-4-3-11(12,13)14)17-7-9-8-18(2)5-6-19-9;/h9H,3-8H2,1-2H3,(H2,15,16,17);1H. The Bertz CT molecular complexity index is 302. The van der Waals surface area contributed by atoms with E-state index in [0.717, 1.165) is 13.1 Å². The average molecular weight is 410 g/mol. The lowest BCUT2D eigenvalue weighted by atomic mass is 10.3. The van der Waals surface area contributed by atoms with Crippen LogP contribution in [0.25, 0.3) is 0 Å². The molecule has 1 aliphatic heterocycles. The van der Waals surface area contributed by atoms with Gasteiger partial charge in [0.25, 0.3) is 0 Å². The van der Waals surface area contributed by atoms with Crippen LogP contribution in [0.5, 0.6) is 0 Å². The maximum atomic E-state index is 12.0. The maximum Gasteiger partial charge on any atom is 0.390 e. The van der Waals surface area contributed by atoms with Crippen molar-refractivity contribution in [2.75, 3.05) is 46.9 Å². The fourth-order valence-electron chi connectivity index (χ4n) is 1.74. The van der Waals surface area contributed by atoms with E-state index in [0.29, 0.717) is 19.1 Å². The van der Waals surface area contributed by atoms with Gasteiger partial charge in [0.2, 0.25) is 0 Å². The van der Waals surface area contributed by atoms with Gasteiger partial charge >= 0.3 is 6.18 Å². The molecule has 2 N–H and O–H groups in total. The number of hydrogen-bond acceptors (Lipinski definition) is 3. The van der Waals surface area contributed by atoms with E-state index >= 15 is 0 Å². The lowest BCUT2D eigenvalue weighted by Crippen LogP contribution is -2.48. The molecule has 0 aromatic heterocycles. The second kappa shape index (κ2) is 9.61. The van der Waals surface area contributed by atoms with Crippen molar-refractivity contribution < 1.29 is 17.9 Å². The molecule has 0 spiro atoms. The number of likely N-dealkylation sites (N-methyl/N-ethyl adjacent to an activating group) is 1. The van der Waals surface area contributed by atoms with Gasteiger partial charge in [0.1, 0.15) is 0 Å². The van der Waals surface area contributed by atoms with Crippen molar-refractivity contribution in [2.24, 2.45) is 4.99 Å². The van der Waals surface area contributed by atoms with E-state index in [4.69, 9.17) is 4.74 Å². The summed E-state index contributed by atoms with van der Waals surface area (Å²) in [5, 5.41) is 5.59. The van der Waals surface area contributed by atoms with Gasteiger partial charge in [-0.25, -0.2) is 0 Å². The minimum absolute atomic E-state index is 0. The smallest absolute Gasteiger partial charge is 0.374 e. The van der Waals surface area contributed by atoms with Crippen LogP contribution in [0.15, 0.2) is 4.99 Å². The van der Waals surface area contributed by atoms with Gasteiger partial charge in [-0.3, -0.25) is 4.99 Å². The molecule has 5 nitrogen and oxygen atoms in total. The maximum absolute atomic E-state index is 12.0. The number of morpholine rings is 1. The van der Waals surface area contributed by atoms with Crippen molar-refractivity contribution >= 4 is 29.9 Å². The summed E-state index contributed by atoms with van der Waals surface area (Å²) in [4.78, 5) is 6.02. The van der Waals surface area contributed by atoms with Crippen molar-refractivity contribution in [3.05, 3.63) is 0 Å². The third kappa shape index (κ3) is 8.80. The zero-order valence-corrected chi connectivity index (χ0v) is 14.0. The molecule has 1 atom stereocenters. The number of nitrogens with one attached hydrogen (secondary N) is 2. The summed E-state index contributed by atoms with van der Waals surface area (Å²) in [6.45, 7) is 2.70. The quantitative estimate of drug-likeness (QED) is 0.414. The van der Waals surface area contributed by atoms with Crippen molar-refractivity contribution in [2.45, 2.75) is 18.7 Å². The van der Waals surface area contributed by atoms with E-state index in [1.165, 1.54) is 7.05 Å². The minimum Gasteiger partial charge on any atom is -0.374 e. The second-order valence-corrected chi connectivity index (χ2v) is 4.50. The van der Waals surface area contributed by atoms with Gasteiger partial charge in [-0.2, -0.15) is 13.2 Å². The van der Waals surface area contributed by atoms with Gasteiger partial charge < -0.3 is 20.3 Å². The van der Waals surface area contributed by atoms with E-state index in [1.807, 2.05) is 7.05 Å². The molecule has 1 unspecified atom stereocenters. The Morgan fingerprint density at radius 1 is 1.40 bits per heavy atom. The number of rotatable bonds is 4. The molecule has 0 aromatic rings. The molecule has 0 bridgehead atoms. The lowest BCUT2D eigenvalue weighted by Gasteiger charge is -2.30. The van der Waals surface area contributed by atoms with E-state index in [1.54, 1.807) is 0 Å². The third-order valence-corrected chi connectivity index (χ3v) is 2.76. The Labute approximate surface area is 134 Å². The highest BCUT2D eigenvalue weighted by atomic mass is 127. The monoisotopic (exact) mass is 410 g/mol. The molecule has 0 aromatic carbocycles. The number of nitrogens with zero attached hydrogens (tertiary/aromatic N) is 2. The molecule has 120 valence electrons. The molecule has 1 heterocycles. The zero-order chi connectivity index (χ0) is 14.3. The SMILES string of the molecule is CN=C(NCCC(F)(F)F)NCC1CN(C)CCO1.I. The highest BCUT2D eigenvalue weighted by molar-refractivity contribution is 14.0. The fourth-order valence-corrected chi connectivity index (χ4v) is 1.74. The summed E-state index contributed by atoms with van der Waals surface area (Å²) in [5.41, 5.74) is 0. The summed E-state index contributed by atoms with van der Waals surface area (Å²) in [5.74, 6) is 0.362. The van der Waals surface area contributed by atoms with E-state index in [9.17, 15) is 13.2 Å². The van der Waals surface area contributed by atoms with Gasteiger partial charge in [0.15, 0.2) is 5.96 Å². The van der Waals surface area contributed by atoms with Crippen molar-refractivity contribution in [1.29, 1.82) is 0 Å². The largest absolute Gasteiger partial charge is 0.390 e. The summed E-state index contributed by atoms with van der Waals surface area (Å²) >= 11 is 0. The lowest BCUT2D eigenvalue weighted by molar-refractivity contribution is -0.132. The summed E-state index contributed by atoms with van der Waals surface area (Å²) < 4.78 is 41.5. The molecular weight excluding hydrogens is 388 g/mol. The van der Waals surface area contributed by atoms with Crippen molar-refractivity contribution in [3.63, 3.8) is 0 Å². The molecule has 1 fully saturated rings. The number of aliphatic imine (C=N–C) groups is 1. The average Bonchev–Trinajstić information content (AvgIpc) is 2.32. The van der Waals surface area contributed by atoms with Crippen LogP contribution in [-0.4, -0.2) is 70.0 Å². The Morgan fingerprint density at radius 3 is 2.65 bits per heavy atom. The molecule has 0 aliphatic carbocycles. The molecule has 0 amide bonds. The van der Waals surface area contributed by atoms with Gasteiger partial charge in [-0.05, 0) is 7.05 Å². The molecule has 1 aliphatic rings. The van der Waals surface area contributed by atoms with E-state index in [-0.39, 0.29) is 36.6 Å². The molecule has 1 rings (SSSR count). The van der Waals surface area contributed by atoms with Crippen LogP contribution < -0.4 is 10.6 Å². The number of guanidine groups is 1. The van der Waals surface area contributed by atoms with Crippen LogP contribution in [0, 0.1) is 0 Å². The predicted molar refractivity (Wildman–Crippen MR) is 82.7 cm³/mol. The van der Waals surface area contributed by atoms with Crippen molar-refractivity contribution in [3.8, 4) is 0 Å². The van der Waals surface area contributed by atoms with Gasteiger partial charge in [0, 0.05) is 33.2 Å². The normalized spacial score (nSPS) is 21.2. The van der Waals surface area contributed by atoms with E-state index in [2.05, 4.69) is 20.5 Å². The number of hydrogen-bond donors (Lipinski definition) is 2. The summed E-state index contributed by atoms with van der Waals surface area (Å²) in [7, 11) is 3.53. The Hall–Kier alpha value is -0.290. The van der Waals surface area contributed by atoms with E-state index < -0.39 is 12.6 Å². The summed E-state index contributed by atoms with van der Waals surface area (Å²) in [6.07, 6.45) is -5.00. The predicted octanol–water partition coefficient (Wildman–Crippen LogP) is 1.05. The van der Waals surface area contributed by atoms with Crippen molar-refractivity contribution in [1.82, 2.24) is 15.5 Å². The Kier molecular flexibility index (Phi) is 9.47. The number of alkyl halides is 3. The van der Waals surface area contributed by atoms with Gasteiger partial charge in [-0.15, -0.1) is 24.0 Å². The Balaban J connectivity index is 0.00000361. The van der Waals surface area contributed by atoms with Crippen LogP contribution in [0.1, 0.15) is 6.42 Å². The first-order valence-corrected chi connectivity index (χ1v) is 6.22. The molecule has 20 heavy (non-hydrogen) atoms. The first-order chi connectivity index (χ1) is 8.90. The second-order valence-electron chi connectivity index (χ2n) is 4.50. The molecular formula is C11H22F3IN4O. The number of halogens is 4. The molecule has 9 heteroatoms. The minimum atomic E-state index is -4.15. The fraction of sp³-hybridized carbons (Fsp3) is 0.909. The zero-order valence-electron chi connectivity index (χ0n) is 11.7. The van der Waals surface area contributed by atoms with Crippen LogP contribution in [0.2, 0.25) is 0 Å². The highest BCUT2D eigenvalue weighted by Gasteiger charge is 2.26. The first kappa shape index (κ1) is 19.7. The first-order valence-electron chi connectivity index (χ1n) is 6.22. The van der Waals surface area contributed by atoms with Crippen LogP contribution in [0.4, 0.5) is 13.2 Å². The Morgan fingerprint density at radius 2 is 2.10 bits per heavy atom. The third-order valence-electron chi connectivity index (χ3n) is 2.76. The van der Waals surface area contributed by atoms with Crippen LogP contribution in [0.3, 0.4) is 0 Å². The summed E-state index contributed by atoms with van der Waals surface area (Å²) in [6, 6.07) is 0. The molecule has 1 saturated heterocycles. The van der Waals surface area contributed by atoms with Gasteiger partial charge in [-0.1, -0.05) is 0 Å². The van der Waals surface area contributed by atoms with Crippen LogP contribution in [-0.2, 0) is 4.74 Å². The number of ether oxygens (including phenoxy) is 1. The highest BCUT2D eigenvalue weighted by Crippen LogP contribution is 2.17.